The van der Waals surface area contributed by atoms with Gasteiger partial charge in [0.05, 0.1) is 12.6 Å². The third-order valence-corrected chi connectivity index (χ3v) is 4.22. The molecule has 1 aromatic carbocycles. The molecule has 1 aliphatic rings. The van der Waals surface area contributed by atoms with Crippen molar-refractivity contribution in [3.8, 4) is 0 Å². The minimum Gasteiger partial charge on any atom is -0.375 e. The van der Waals surface area contributed by atoms with E-state index in [2.05, 4.69) is 15.6 Å². The number of hydrogen-bond donors (Lipinski definition) is 2. The van der Waals surface area contributed by atoms with Crippen molar-refractivity contribution in [2.24, 2.45) is 4.99 Å². The van der Waals surface area contributed by atoms with E-state index in [1.165, 1.54) is 17.0 Å². The lowest BCUT2D eigenvalue weighted by molar-refractivity contribution is -0.143. The van der Waals surface area contributed by atoms with E-state index in [-0.39, 0.29) is 41.9 Å². The first-order valence-electron chi connectivity index (χ1n) is 8.35. The van der Waals surface area contributed by atoms with Gasteiger partial charge in [-0.25, -0.2) is 4.39 Å². The topological polar surface area (TPSA) is 48.9 Å². The van der Waals surface area contributed by atoms with Gasteiger partial charge >= 0.3 is 6.18 Å². The Balaban J connectivity index is 0.00000364. The number of benzene rings is 1. The molecule has 154 valence electrons. The van der Waals surface area contributed by atoms with Crippen molar-refractivity contribution in [3.63, 3.8) is 0 Å². The number of guanidine groups is 1. The minimum atomic E-state index is -4.18. The van der Waals surface area contributed by atoms with E-state index in [1.807, 2.05) is 0 Å². The van der Waals surface area contributed by atoms with Crippen LogP contribution in [0.15, 0.2) is 29.3 Å². The van der Waals surface area contributed by atoms with Crippen LogP contribution in [0.3, 0.4) is 0 Å². The smallest absolute Gasteiger partial charge is 0.375 e. The molecule has 0 radical (unpaired) electrons. The number of methoxy groups -OCH3 is 1. The molecule has 0 amide bonds. The number of nitrogens with one attached hydrogen (secondary N) is 2. The quantitative estimate of drug-likeness (QED) is 0.271. The lowest BCUT2D eigenvalue weighted by atomic mass is 10.1. The van der Waals surface area contributed by atoms with E-state index in [1.54, 1.807) is 26.3 Å². The van der Waals surface area contributed by atoms with Crippen molar-refractivity contribution in [2.75, 3.05) is 40.3 Å². The molecule has 10 heteroatoms. The third-order valence-electron chi connectivity index (χ3n) is 4.22. The van der Waals surface area contributed by atoms with Gasteiger partial charge in [0.25, 0.3) is 0 Å². The van der Waals surface area contributed by atoms with Gasteiger partial charge < -0.3 is 15.4 Å². The van der Waals surface area contributed by atoms with Gasteiger partial charge in [-0.1, -0.05) is 12.1 Å². The molecule has 1 fully saturated rings. The van der Waals surface area contributed by atoms with Gasteiger partial charge in [-0.15, -0.1) is 24.0 Å². The van der Waals surface area contributed by atoms with Crippen molar-refractivity contribution in [1.29, 1.82) is 0 Å². The summed E-state index contributed by atoms with van der Waals surface area (Å²) in [7, 11) is 3.15. The van der Waals surface area contributed by atoms with Gasteiger partial charge in [-0.3, -0.25) is 9.89 Å². The fraction of sp³-hybridized carbons (Fsp3) is 0.588. The van der Waals surface area contributed by atoms with Gasteiger partial charge in [-0.05, 0) is 24.1 Å². The molecule has 2 atom stereocenters. The molecular weight excluding hydrogens is 479 g/mol. The zero-order chi connectivity index (χ0) is 19.2. The minimum absolute atomic E-state index is 0. The van der Waals surface area contributed by atoms with Gasteiger partial charge in [0.1, 0.15) is 5.82 Å². The monoisotopic (exact) mass is 504 g/mol. The third kappa shape index (κ3) is 8.18. The van der Waals surface area contributed by atoms with Crippen LogP contribution in [-0.4, -0.2) is 63.4 Å². The summed E-state index contributed by atoms with van der Waals surface area (Å²) < 4.78 is 55.8. The lowest BCUT2D eigenvalue weighted by Gasteiger charge is -2.22. The highest BCUT2D eigenvalue weighted by Crippen LogP contribution is 2.20. The van der Waals surface area contributed by atoms with Crippen LogP contribution in [0.5, 0.6) is 0 Å². The first-order chi connectivity index (χ1) is 12.3. The molecule has 2 unspecified atom stereocenters. The maximum atomic E-state index is 13.0. The van der Waals surface area contributed by atoms with E-state index in [0.29, 0.717) is 32.0 Å². The van der Waals surface area contributed by atoms with Gasteiger partial charge in [0.15, 0.2) is 5.96 Å². The summed E-state index contributed by atoms with van der Waals surface area (Å²) in [5, 5.41) is 6.24. The van der Waals surface area contributed by atoms with E-state index in [0.717, 1.165) is 5.56 Å². The van der Waals surface area contributed by atoms with E-state index >= 15 is 0 Å². The fourth-order valence-corrected chi connectivity index (χ4v) is 2.94. The van der Waals surface area contributed by atoms with Crippen molar-refractivity contribution in [2.45, 2.75) is 24.7 Å². The SMILES string of the molecule is CN=C(NCC(OC)c1ccc(F)cc1)NC1CCN(CC(F)(F)F)C1.I. The highest BCUT2D eigenvalue weighted by molar-refractivity contribution is 14.0. The molecule has 1 aliphatic heterocycles. The van der Waals surface area contributed by atoms with Crippen LogP contribution in [0.25, 0.3) is 0 Å². The Morgan fingerprint density at radius 1 is 1.33 bits per heavy atom. The summed E-state index contributed by atoms with van der Waals surface area (Å²) >= 11 is 0. The Hall–Kier alpha value is -1.14. The number of alkyl halides is 3. The number of aliphatic imine (C=N–C) groups is 1. The average Bonchev–Trinajstić information content (AvgIpc) is 3.00. The Labute approximate surface area is 173 Å². The number of ether oxygens (including phenoxy) is 1. The Kier molecular flexibility index (Phi) is 9.74. The molecule has 0 spiro atoms. The van der Waals surface area contributed by atoms with Crippen LogP contribution < -0.4 is 10.6 Å². The summed E-state index contributed by atoms with van der Waals surface area (Å²) in [5.74, 6) is 0.173. The number of halogens is 5. The molecule has 0 aliphatic carbocycles. The second-order valence-corrected chi connectivity index (χ2v) is 6.21. The average molecular weight is 504 g/mol. The summed E-state index contributed by atoms with van der Waals surface area (Å²) in [5.41, 5.74) is 0.814. The summed E-state index contributed by atoms with van der Waals surface area (Å²) in [6, 6.07) is 5.92. The maximum Gasteiger partial charge on any atom is 0.401 e. The molecular formula is C17H25F4IN4O. The second kappa shape index (κ2) is 11.0. The predicted molar refractivity (Wildman–Crippen MR) is 107 cm³/mol. The van der Waals surface area contributed by atoms with Gasteiger partial charge in [0, 0.05) is 39.8 Å². The van der Waals surface area contributed by atoms with Gasteiger partial charge in [0.2, 0.25) is 0 Å². The summed E-state index contributed by atoms with van der Waals surface area (Å²) in [4.78, 5) is 5.48. The summed E-state index contributed by atoms with van der Waals surface area (Å²) in [6.07, 6.45) is -3.88. The van der Waals surface area contributed by atoms with Gasteiger partial charge in [-0.2, -0.15) is 13.2 Å². The number of hydrogen-bond acceptors (Lipinski definition) is 3. The molecule has 5 nitrogen and oxygen atoms in total. The van der Waals surface area contributed by atoms with Crippen LogP contribution in [0.4, 0.5) is 17.6 Å². The Bertz CT molecular complexity index is 598. The maximum absolute atomic E-state index is 13.0. The Morgan fingerprint density at radius 2 is 2.00 bits per heavy atom. The first-order valence-corrected chi connectivity index (χ1v) is 8.35. The highest BCUT2D eigenvalue weighted by atomic mass is 127. The molecule has 2 rings (SSSR count). The van der Waals surface area contributed by atoms with Crippen LogP contribution >= 0.6 is 24.0 Å². The van der Waals surface area contributed by atoms with Crippen molar-refractivity contribution >= 4 is 29.9 Å². The molecule has 0 aromatic heterocycles. The first kappa shape index (κ1) is 23.9. The van der Waals surface area contributed by atoms with Crippen LogP contribution in [0, 0.1) is 5.82 Å². The summed E-state index contributed by atoms with van der Waals surface area (Å²) in [6.45, 7) is 0.199. The van der Waals surface area contributed by atoms with E-state index in [9.17, 15) is 17.6 Å². The second-order valence-electron chi connectivity index (χ2n) is 6.21. The molecule has 1 heterocycles. The van der Waals surface area contributed by atoms with Crippen LogP contribution in [0.2, 0.25) is 0 Å². The molecule has 1 aromatic rings. The van der Waals surface area contributed by atoms with Crippen LogP contribution in [0.1, 0.15) is 18.1 Å². The molecule has 0 saturated carbocycles. The zero-order valence-electron chi connectivity index (χ0n) is 15.2. The number of rotatable bonds is 6. The van der Waals surface area contributed by atoms with E-state index < -0.39 is 12.7 Å². The normalized spacial score (nSPS) is 19.5. The zero-order valence-corrected chi connectivity index (χ0v) is 17.6. The fourth-order valence-electron chi connectivity index (χ4n) is 2.94. The molecule has 0 bridgehead atoms. The molecule has 27 heavy (non-hydrogen) atoms. The molecule has 2 N–H and O–H groups in total. The largest absolute Gasteiger partial charge is 0.401 e. The molecule has 1 saturated heterocycles. The highest BCUT2D eigenvalue weighted by Gasteiger charge is 2.34. The number of nitrogens with zero attached hydrogens (tertiary/aromatic N) is 2. The number of likely N-dealkylation sites (tertiary alicyclic amines) is 1. The van der Waals surface area contributed by atoms with Crippen molar-refractivity contribution < 1.29 is 22.3 Å². The standard InChI is InChI=1S/C17H24F4N4O.HI/c1-22-16(24-14-7-8-25(10-14)11-17(19,20)21)23-9-15(26-2)12-3-5-13(18)6-4-12;/h3-6,14-15H,7-11H2,1-2H3,(H2,22,23,24);1H. The van der Waals surface area contributed by atoms with Crippen molar-refractivity contribution in [1.82, 2.24) is 15.5 Å². The van der Waals surface area contributed by atoms with Crippen LogP contribution in [-0.2, 0) is 4.74 Å². The Morgan fingerprint density at radius 3 is 2.56 bits per heavy atom. The lowest BCUT2D eigenvalue weighted by Crippen LogP contribution is -2.46. The predicted octanol–water partition coefficient (Wildman–Crippen LogP) is 2.93. The van der Waals surface area contributed by atoms with Crippen molar-refractivity contribution in [3.05, 3.63) is 35.6 Å². The van der Waals surface area contributed by atoms with E-state index in [4.69, 9.17) is 4.74 Å².